The third kappa shape index (κ3) is 2.25. The summed E-state index contributed by atoms with van der Waals surface area (Å²) >= 11 is 6.19. The van der Waals surface area contributed by atoms with Gasteiger partial charge in [-0.15, -0.1) is 0 Å². The van der Waals surface area contributed by atoms with Crippen LogP contribution in [0.25, 0.3) is 16.6 Å². The fourth-order valence-electron chi connectivity index (χ4n) is 2.71. The first-order valence-electron chi connectivity index (χ1n) is 7.03. The SMILES string of the molecule is CCc1cc(Cl)cc2c1c(O)nc(=O)n2-c1ccccc1C. The highest BCUT2D eigenvalue weighted by Crippen LogP contribution is 2.30. The monoisotopic (exact) mass is 314 g/mol. The molecule has 0 fully saturated rings. The van der Waals surface area contributed by atoms with E-state index in [0.717, 1.165) is 16.8 Å². The first-order valence-corrected chi connectivity index (χ1v) is 7.41. The van der Waals surface area contributed by atoms with Crippen molar-refractivity contribution in [1.29, 1.82) is 0 Å². The van der Waals surface area contributed by atoms with Gasteiger partial charge in [0.15, 0.2) is 0 Å². The Morgan fingerprint density at radius 3 is 2.68 bits per heavy atom. The summed E-state index contributed by atoms with van der Waals surface area (Å²) in [5, 5.41) is 11.2. The Morgan fingerprint density at radius 2 is 2.00 bits per heavy atom. The van der Waals surface area contributed by atoms with Crippen molar-refractivity contribution in [3.8, 4) is 11.6 Å². The van der Waals surface area contributed by atoms with Gasteiger partial charge < -0.3 is 5.11 Å². The van der Waals surface area contributed by atoms with E-state index in [4.69, 9.17) is 11.6 Å². The van der Waals surface area contributed by atoms with Crippen LogP contribution in [0.5, 0.6) is 5.88 Å². The lowest BCUT2D eigenvalue weighted by Gasteiger charge is -2.15. The number of para-hydroxylation sites is 1. The van der Waals surface area contributed by atoms with E-state index in [1.54, 1.807) is 12.1 Å². The average molecular weight is 315 g/mol. The van der Waals surface area contributed by atoms with Crippen LogP contribution >= 0.6 is 11.6 Å². The van der Waals surface area contributed by atoms with Crippen molar-refractivity contribution in [3.05, 3.63) is 63.0 Å². The maximum atomic E-state index is 12.4. The highest BCUT2D eigenvalue weighted by Gasteiger charge is 2.16. The van der Waals surface area contributed by atoms with Crippen LogP contribution in [0.4, 0.5) is 0 Å². The molecule has 0 saturated carbocycles. The second-order valence-corrected chi connectivity index (χ2v) is 5.59. The molecule has 112 valence electrons. The van der Waals surface area contributed by atoms with Crippen LogP contribution in [-0.4, -0.2) is 14.7 Å². The molecule has 0 spiro atoms. The van der Waals surface area contributed by atoms with Crippen molar-refractivity contribution in [2.75, 3.05) is 0 Å². The number of halogens is 1. The van der Waals surface area contributed by atoms with Crippen molar-refractivity contribution in [2.24, 2.45) is 0 Å². The predicted octanol–water partition coefficient (Wildman–Crippen LogP) is 3.62. The topological polar surface area (TPSA) is 55.1 Å². The lowest BCUT2D eigenvalue weighted by Crippen LogP contribution is -2.22. The van der Waals surface area contributed by atoms with Gasteiger partial charge in [-0.05, 0) is 42.7 Å². The van der Waals surface area contributed by atoms with Crippen molar-refractivity contribution in [1.82, 2.24) is 9.55 Å². The quantitative estimate of drug-likeness (QED) is 0.786. The van der Waals surface area contributed by atoms with E-state index < -0.39 is 5.69 Å². The highest BCUT2D eigenvalue weighted by atomic mass is 35.5. The van der Waals surface area contributed by atoms with Gasteiger partial charge in [0.1, 0.15) is 0 Å². The van der Waals surface area contributed by atoms with E-state index in [1.165, 1.54) is 4.57 Å². The van der Waals surface area contributed by atoms with Crippen molar-refractivity contribution >= 4 is 22.5 Å². The zero-order valence-corrected chi connectivity index (χ0v) is 13.1. The molecule has 4 nitrogen and oxygen atoms in total. The maximum Gasteiger partial charge on any atom is 0.355 e. The fraction of sp³-hybridized carbons (Fsp3) is 0.176. The summed E-state index contributed by atoms with van der Waals surface area (Å²) in [5.74, 6) is -0.252. The van der Waals surface area contributed by atoms with Gasteiger partial charge in [-0.25, -0.2) is 4.79 Å². The summed E-state index contributed by atoms with van der Waals surface area (Å²) in [7, 11) is 0. The largest absolute Gasteiger partial charge is 0.493 e. The van der Waals surface area contributed by atoms with Crippen molar-refractivity contribution < 1.29 is 5.11 Å². The zero-order valence-electron chi connectivity index (χ0n) is 12.3. The molecule has 1 aromatic heterocycles. The molecule has 0 unspecified atom stereocenters. The Hall–Kier alpha value is -2.33. The summed E-state index contributed by atoms with van der Waals surface area (Å²) in [5.41, 5.74) is 2.57. The van der Waals surface area contributed by atoms with E-state index in [1.807, 2.05) is 38.1 Å². The standard InChI is InChI=1S/C17H15ClN2O2/c1-3-11-8-12(18)9-14-15(11)16(21)19-17(22)20(14)13-7-5-4-6-10(13)2/h4-9H,3H2,1-2H3,(H,19,21,22). The predicted molar refractivity (Wildman–Crippen MR) is 88.1 cm³/mol. The van der Waals surface area contributed by atoms with Gasteiger partial charge >= 0.3 is 5.69 Å². The minimum Gasteiger partial charge on any atom is -0.493 e. The smallest absolute Gasteiger partial charge is 0.355 e. The molecule has 0 radical (unpaired) electrons. The van der Waals surface area contributed by atoms with E-state index in [-0.39, 0.29) is 5.88 Å². The Balaban J connectivity index is 2.53. The number of aromatic nitrogens is 2. The van der Waals surface area contributed by atoms with Gasteiger partial charge in [0.25, 0.3) is 0 Å². The van der Waals surface area contributed by atoms with Crippen LogP contribution < -0.4 is 5.69 Å². The molecule has 0 amide bonds. The summed E-state index contributed by atoms with van der Waals surface area (Å²) < 4.78 is 1.50. The van der Waals surface area contributed by atoms with Crippen LogP contribution in [0.1, 0.15) is 18.1 Å². The Kier molecular flexibility index (Phi) is 3.62. The van der Waals surface area contributed by atoms with Crippen LogP contribution in [-0.2, 0) is 6.42 Å². The molecule has 0 aliphatic heterocycles. The van der Waals surface area contributed by atoms with Gasteiger partial charge in [0, 0.05) is 5.02 Å². The lowest BCUT2D eigenvalue weighted by molar-refractivity contribution is 0.455. The minimum absolute atomic E-state index is 0.252. The Morgan fingerprint density at radius 1 is 1.27 bits per heavy atom. The zero-order chi connectivity index (χ0) is 15.9. The lowest BCUT2D eigenvalue weighted by atomic mass is 10.1. The fourth-order valence-corrected chi connectivity index (χ4v) is 2.94. The van der Waals surface area contributed by atoms with Crippen molar-refractivity contribution in [3.63, 3.8) is 0 Å². The number of aryl methyl sites for hydroxylation is 2. The van der Waals surface area contributed by atoms with Gasteiger partial charge in [-0.2, -0.15) is 4.98 Å². The first-order chi connectivity index (χ1) is 10.5. The van der Waals surface area contributed by atoms with Crippen molar-refractivity contribution in [2.45, 2.75) is 20.3 Å². The first kappa shape index (κ1) is 14.6. The Labute approximate surface area is 132 Å². The number of nitrogens with zero attached hydrogens (tertiary/aromatic N) is 2. The van der Waals surface area contributed by atoms with Crippen LogP contribution in [0.15, 0.2) is 41.2 Å². The molecule has 0 atom stereocenters. The number of hydrogen-bond acceptors (Lipinski definition) is 3. The average Bonchev–Trinajstić information content (AvgIpc) is 2.47. The molecular weight excluding hydrogens is 300 g/mol. The molecule has 22 heavy (non-hydrogen) atoms. The molecule has 5 heteroatoms. The van der Waals surface area contributed by atoms with Crippen LogP contribution in [0.2, 0.25) is 5.02 Å². The normalized spacial score (nSPS) is 11.0. The van der Waals surface area contributed by atoms with Gasteiger partial charge in [-0.3, -0.25) is 4.57 Å². The molecule has 3 rings (SSSR count). The third-order valence-electron chi connectivity index (χ3n) is 3.76. The summed E-state index contributed by atoms with van der Waals surface area (Å²) in [6.45, 7) is 3.89. The summed E-state index contributed by atoms with van der Waals surface area (Å²) in [6, 6.07) is 11.0. The second kappa shape index (κ2) is 5.46. The van der Waals surface area contributed by atoms with E-state index >= 15 is 0 Å². The minimum atomic E-state index is -0.524. The Bertz CT molecular complexity index is 932. The van der Waals surface area contributed by atoms with Gasteiger partial charge in [0.2, 0.25) is 5.88 Å². The molecule has 2 aromatic carbocycles. The van der Waals surface area contributed by atoms with Crippen LogP contribution in [0, 0.1) is 6.92 Å². The molecule has 0 saturated heterocycles. The van der Waals surface area contributed by atoms with E-state index in [2.05, 4.69) is 4.98 Å². The third-order valence-corrected chi connectivity index (χ3v) is 3.98. The maximum absolute atomic E-state index is 12.4. The number of hydrogen-bond donors (Lipinski definition) is 1. The number of fused-ring (bicyclic) bond motifs is 1. The number of rotatable bonds is 2. The molecular formula is C17H15ClN2O2. The number of benzene rings is 2. The molecule has 0 aliphatic carbocycles. The molecule has 0 aliphatic rings. The van der Waals surface area contributed by atoms with Gasteiger partial charge in [0.05, 0.1) is 16.6 Å². The van der Waals surface area contributed by atoms with Crippen LogP contribution in [0.3, 0.4) is 0 Å². The molecule has 1 N–H and O–H groups in total. The van der Waals surface area contributed by atoms with E-state index in [9.17, 15) is 9.90 Å². The number of aromatic hydroxyl groups is 1. The molecule has 3 aromatic rings. The summed E-state index contributed by atoms with van der Waals surface area (Å²) in [6.07, 6.45) is 0.679. The van der Waals surface area contributed by atoms with E-state index in [0.29, 0.717) is 22.3 Å². The molecule has 1 heterocycles. The second-order valence-electron chi connectivity index (χ2n) is 5.15. The molecule has 0 bridgehead atoms. The van der Waals surface area contributed by atoms with Gasteiger partial charge in [-0.1, -0.05) is 36.7 Å². The summed E-state index contributed by atoms with van der Waals surface area (Å²) in [4.78, 5) is 16.1. The highest BCUT2D eigenvalue weighted by molar-refractivity contribution is 6.31.